The first kappa shape index (κ1) is 18.6. The first-order chi connectivity index (χ1) is 13.3. The lowest BCUT2D eigenvalue weighted by atomic mass is 10.2. The Morgan fingerprint density at radius 2 is 1.93 bits per heavy atom. The van der Waals surface area contributed by atoms with E-state index in [4.69, 9.17) is 11.6 Å². The average Bonchev–Trinajstić information content (AvgIpc) is 3.08. The number of rotatable bonds is 3. The van der Waals surface area contributed by atoms with Crippen molar-refractivity contribution in [1.29, 1.82) is 0 Å². The Bertz CT molecular complexity index is 1200. The minimum atomic E-state index is -3.34. The Hall–Kier alpha value is -2.71. The molecule has 0 saturated carbocycles. The van der Waals surface area contributed by atoms with Crippen LogP contribution in [0.4, 0.5) is 10.2 Å². The van der Waals surface area contributed by atoms with Gasteiger partial charge in [-0.2, -0.15) is 5.10 Å². The van der Waals surface area contributed by atoms with Crippen molar-refractivity contribution in [2.24, 2.45) is 0 Å². The molecular formula is C19H15ClFN3O3S. The predicted molar refractivity (Wildman–Crippen MR) is 104 cm³/mol. The highest BCUT2D eigenvalue weighted by atomic mass is 35.5. The fraction of sp³-hybridized carbons (Fsp3) is 0.158. The van der Waals surface area contributed by atoms with Crippen LogP contribution in [0, 0.1) is 12.7 Å². The molecule has 1 amide bonds. The standard InChI is InChI=1S/C19H15ClFN3O3S/c1-11-5-2-3-8-16(11)24-18(12-9-28(26,27)10-15(12)23-24)22-19(25)17-13(20)6-4-7-14(17)21/h2-8H,9-10H2,1H3,(H,22,25). The number of nitrogens with one attached hydrogen (secondary N) is 1. The van der Waals surface area contributed by atoms with E-state index < -0.39 is 21.6 Å². The van der Waals surface area contributed by atoms with E-state index in [2.05, 4.69) is 10.4 Å². The molecule has 1 aromatic heterocycles. The van der Waals surface area contributed by atoms with Crippen molar-refractivity contribution in [3.63, 3.8) is 0 Å². The molecule has 0 bridgehead atoms. The predicted octanol–water partition coefficient (Wildman–Crippen LogP) is 3.65. The van der Waals surface area contributed by atoms with Gasteiger partial charge < -0.3 is 5.32 Å². The van der Waals surface area contributed by atoms with Gasteiger partial charge in [-0.05, 0) is 30.7 Å². The fourth-order valence-corrected chi connectivity index (χ4v) is 4.97. The molecule has 4 rings (SSSR count). The van der Waals surface area contributed by atoms with Crippen molar-refractivity contribution in [3.8, 4) is 5.69 Å². The summed E-state index contributed by atoms with van der Waals surface area (Å²) in [5.74, 6) is -1.78. The van der Waals surface area contributed by atoms with Crippen LogP contribution in [-0.4, -0.2) is 24.1 Å². The Balaban J connectivity index is 1.84. The number of para-hydroxylation sites is 1. The quantitative estimate of drug-likeness (QED) is 0.702. The molecule has 0 saturated heterocycles. The van der Waals surface area contributed by atoms with E-state index in [0.29, 0.717) is 16.9 Å². The molecule has 144 valence electrons. The third-order valence-corrected chi connectivity index (χ3v) is 6.31. The summed E-state index contributed by atoms with van der Waals surface area (Å²) in [7, 11) is -3.34. The maximum Gasteiger partial charge on any atom is 0.261 e. The summed E-state index contributed by atoms with van der Waals surface area (Å²) in [6, 6.07) is 11.3. The summed E-state index contributed by atoms with van der Waals surface area (Å²) in [5.41, 5.74) is 2.04. The summed E-state index contributed by atoms with van der Waals surface area (Å²) in [5, 5.41) is 6.99. The molecule has 9 heteroatoms. The van der Waals surface area contributed by atoms with E-state index >= 15 is 0 Å². The zero-order valence-corrected chi connectivity index (χ0v) is 16.3. The van der Waals surface area contributed by atoms with Gasteiger partial charge in [-0.25, -0.2) is 17.5 Å². The monoisotopic (exact) mass is 419 g/mol. The Labute approximate surface area is 165 Å². The summed E-state index contributed by atoms with van der Waals surface area (Å²) >= 11 is 5.99. The van der Waals surface area contributed by atoms with Gasteiger partial charge in [0.1, 0.15) is 11.6 Å². The van der Waals surface area contributed by atoms with E-state index in [-0.39, 0.29) is 27.9 Å². The number of carbonyl (C=O) groups excluding carboxylic acids is 1. The number of fused-ring (bicyclic) bond motifs is 1. The summed E-state index contributed by atoms with van der Waals surface area (Å²) < 4.78 is 39.7. The maximum absolute atomic E-state index is 14.2. The van der Waals surface area contributed by atoms with Crippen LogP contribution < -0.4 is 5.32 Å². The lowest BCUT2D eigenvalue weighted by molar-refractivity contribution is 0.102. The molecule has 0 radical (unpaired) electrons. The van der Waals surface area contributed by atoms with Gasteiger partial charge >= 0.3 is 0 Å². The first-order valence-corrected chi connectivity index (χ1v) is 10.6. The molecule has 0 fully saturated rings. The second kappa shape index (κ2) is 6.72. The van der Waals surface area contributed by atoms with Gasteiger partial charge in [-0.3, -0.25) is 4.79 Å². The molecule has 0 aliphatic carbocycles. The average molecular weight is 420 g/mol. The molecule has 1 aliphatic rings. The van der Waals surface area contributed by atoms with Crippen LogP contribution in [-0.2, 0) is 21.3 Å². The summed E-state index contributed by atoms with van der Waals surface area (Å²) in [4.78, 5) is 12.8. The van der Waals surface area contributed by atoms with Gasteiger partial charge in [0.15, 0.2) is 9.84 Å². The van der Waals surface area contributed by atoms with Gasteiger partial charge in [0.05, 0.1) is 33.5 Å². The van der Waals surface area contributed by atoms with E-state index in [0.717, 1.165) is 11.6 Å². The van der Waals surface area contributed by atoms with Crippen molar-refractivity contribution in [2.45, 2.75) is 18.4 Å². The molecular weight excluding hydrogens is 405 g/mol. The number of hydrogen-bond donors (Lipinski definition) is 1. The smallest absolute Gasteiger partial charge is 0.261 e. The lowest BCUT2D eigenvalue weighted by Crippen LogP contribution is -2.19. The molecule has 0 atom stereocenters. The highest BCUT2D eigenvalue weighted by Gasteiger charge is 2.34. The number of aromatic nitrogens is 2. The Morgan fingerprint density at radius 1 is 1.18 bits per heavy atom. The van der Waals surface area contributed by atoms with Crippen LogP contribution in [0.2, 0.25) is 5.02 Å². The van der Waals surface area contributed by atoms with Crippen LogP contribution in [0.15, 0.2) is 42.5 Å². The highest BCUT2D eigenvalue weighted by molar-refractivity contribution is 7.90. The van der Waals surface area contributed by atoms with Crippen molar-refractivity contribution in [1.82, 2.24) is 9.78 Å². The van der Waals surface area contributed by atoms with E-state index in [1.165, 1.54) is 16.8 Å². The van der Waals surface area contributed by atoms with Gasteiger partial charge in [0, 0.05) is 5.56 Å². The second-order valence-corrected chi connectivity index (χ2v) is 9.03. The third kappa shape index (κ3) is 3.18. The van der Waals surface area contributed by atoms with Crippen molar-refractivity contribution in [2.75, 3.05) is 5.32 Å². The van der Waals surface area contributed by atoms with Gasteiger partial charge in [0.25, 0.3) is 5.91 Å². The number of halogens is 2. The minimum absolute atomic E-state index is 0.0382. The third-order valence-electron chi connectivity index (χ3n) is 4.55. The second-order valence-electron chi connectivity index (χ2n) is 6.56. The van der Waals surface area contributed by atoms with E-state index in [1.54, 1.807) is 6.07 Å². The number of benzene rings is 2. The molecule has 2 aromatic carbocycles. The number of sulfone groups is 1. The van der Waals surface area contributed by atoms with Gasteiger partial charge in [-0.1, -0.05) is 35.9 Å². The molecule has 0 spiro atoms. The van der Waals surface area contributed by atoms with Gasteiger partial charge in [-0.15, -0.1) is 0 Å². The molecule has 3 aromatic rings. The van der Waals surface area contributed by atoms with Crippen molar-refractivity contribution in [3.05, 3.63) is 75.7 Å². The zero-order chi connectivity index (χ0) is 20.1. The molecule has 1 aliphatic heterocycles. The number of aryl methyl sites for hydroxylation is 1. The lowest BCUT2D eigenvalue weighted by Gasteiger charge is -2.13. The number of anilines is 1. The number of amides is 1. The SMILES string of the molecule is Cc1ccccc1-n1nc2c(c1NC(=O)c1c(F)cccc1Cl)CS(=O)(=O)C2. The fourth-order valence-electron chi connectivity index (χ4n) is 3.23. The van der Waals surface area contributed by atoms with Crippen LogP contribution in [0.25, 0.3) is 5.69 Å². The molecule has 28 heavy (non-hydrogen) atoms. The van der Waals surface area contributed by atoms with Crippen molar-refractivity contribution < 1.29 is 17.6 Å². The minimum Gasteiger partial charge on any atom is -0.306 e. The first-order valence-electron chi connectivity index (χ1n) is 8.39. The van der Waals surface area contributed by atoms with E-state index in [9.17, 15) is 17.6 Å². The Kier molecular flexibility index (Phi) is 4.47. The molecule has 6 nitrogen and oxygen atoms in total. The van der Waals surface area contributed by atoms with Crippen LogP contribution in [0.3, 0.4) is 0 Å². The number of carbonyl (C=O) groups is 1. The van der Waals surface area contributed by atoms with Gasteiger partial charge in [0.2, 0.25) is 0 Å². The Morgan fingerprint density at radius 3 is 2.64 bits per heavy atom. The number of nitrogens with zero attached hydrogens (tertiary/aromatic N) is 2. The highest BCUT2D eigenvalue weighted by Crippen LogP contribution is 2.34. The van der Waals surface area contributed by atoms with Crippen LogP contribution >= 0.6 is 11.6 Å². The molecule has 1 N–H and O–H groups in total. The largest absolute Gasteiger partial charge is 0.306 e. The zero-order valence-electron chi connectivity index (χ0n) is 14.7. The molecule has 2 heterocycles. The number of hydrogen-bond acceptors (Lipinski definition) is 4. The normalized spacial score (nSPS) is 14.7. The topological polar surface area (TPSA) is 81.1 Å². The van der Waals surface area contributed by atoms with E-state index in [1.807, 2.05) is 25.1 Å². The molecule has 0 unspecified atom stereocenters. The summed E-state index contributed by atoms with van der Waals surface area (Å²) in [6.45, 7) is 1.87. The van der Waals surface area contributed by atoms with Crippen molar-refractivity contribution >= 4 is 33.2 Å². The summed E-state index contributed by atoms with van der Waals surface area (Å²) in [6.07, 6.45) is 0. The van der Waals surface area contributed by atoms with Crippen LogP contribution in [0.5, 0.6) is 0 Å². The maximum atomic E-state index is 14.2. The van der Waals surface area contributed by atoms with Crippen LogP contribution in [0.1, 0.15) is 27.2 Å².